The number of rotatable bonds is 2. The largest absolute Gasteiger partial charge is 0.321 e. The lowest BCUT2D eigenvalue weighted by Gasteiger charge is -2.05. The van der Waals surface area contributed by atoms with Crippen molar-refractivity contribution in [2.45, 2.75) is 0 Å². The van der Waals surface area contributed by atoms with Crippen molar-refractivity contribution in [2.24, 2.45) is 0 Å². The fourth-order valence-electron chi connectivity index (χ4n) is 1.64. The first-order valence-corrected chi connectivity index (χ1v) is 8.94. The summed E-state index contributed by atoms with van der Waals surface area (Å²) in [6.45, 7) is 0. The van der Waals surface area contributed by atoms with Gasteiger partial charge in [0.15, 0.2) is 0 Å². The van der Waals surface area contributed by atoms with Crippen LogP contribution in [0.3, 0.4) is 0 Å². The van der Waals surface area contributed by atoms with Crippen LogP contribution in [0.5, 0.6) is 0 Å². The summed E-state index contributed by atoms with van der Waals surface area (Å²) >= 11 is 8.88. The molecule has 0 saturated carbocycles. The molecule has 3 rings (SSSR count). The van der Waals surface area contributed by atoms with Crippen LogP contribution in [-0.4, -0.2) is 5.91 Å². The lowest BCUT2D eigenvalue weighted by atomic mass is 10.3. The van der Waals surface area contributed by atoms with Gasteiger partial charge < -0.3 is 5.32 Å². The topological polar surface area (TPSA) is 29.1 Å². The van der Waals surface area contributed by atoms with Gasteiger partial charge in [-0.3, -0.25) is 4.79 Å². The summed E-state index contributed by atoms with van der Waals surface area (Å²) in [5.41, 5.74) is 0.800. The Hall–Kier alpha value is -0.440. The quantitative estimate of drug-likeness (QED) is 0.493. The first-order valence-electron chi connectivity index (χ1n) is 5.37. The molecule has 0 aliphatic carbocycles. The molecular formula is C13H7BrINOS2. The zero-order chi connectivity index (χ0) is 13.4. The molecule has 1 aromatic carbocycles. The van der Waals surface area contributed by atoms with Crippen LogP contribution < -0.4 is 5.32 Å². The average molecular weight is 464 g/mol. The maximum Gasteiger partial charge on any atom is 0.265 e. The molecule has 6 heteroatoms. The average Bonchev–Trinajstić information content (AvgIpc) is 2.94. The van der Waals surface area contributed by atoms with Gasteiger partial charge in [0.05, 0.1) is 4.88 Å². The van der Waals surface area contributed by atoms with Crippen LogP contribution >= 0.6 is 61.2 Å². The molecule has 3 aromatic rings. The van der Waals surface area contributed by atoms with Crippen molar-refractivity contribution >= 4 is 82.2 Å². The zero-order valence-electron chi connectivity index (χ0n) is 9.44. The van der Waals surface area contributed by atoms with Crippen LogP contribution in [0.4, 0.5) is 5.69 Å². The molecule has 2 aromatic heterocycles. The predicted molar refractivity (Wildman–Crippen MR) is 94.5 cm³/mol. The predicted octanol–water partition coefficient (Wildman–Crippen LogP) is 5.58. The van der Waals surface area contributed by atoms with Crippen LogP contribution in [0.25, 0.3) is 9.40 Å². The molecule has 1 amide bonds. The summed E-state index contributed by atoms with van der Waals surface area (Å²) in [7, 11) is 0. The molecular weight excluding hydrogens is 457 g/mol. The minimum Gasteiger partial charge on any atom is -0.321 e. The van der Waals surface area contributed by atoms with Gasteiger partial charge in [0.25, 0.3) is 5.91 Å². The van der Waals surface area contributed by atoms with E-state index in [1.165, 1.54) is 20.7 Å². The van der Waals surface area contributed by atoms with Crippen molar-refractivity contribution in [3.05, 3.63) is 48.6 Å². The van der Waals surface area contributed by atoms with E-state index in [2.05, 4.69) is 43.8 Å². The first-order chi connectivity index (χ1) is 9.13. The highest BCUT2D eigenvalue weighted by Crippen LogP contribution is 2.30. The van der Waals surface area contributed by atoms with Crippen LogP contribution in [-0.2, 0) is 0 Å². The lowest BCUT2D eigenvalue weighted by Crippen LogP contribution is -2.09. The van der Waals surface area contributed by atoms with Gasteiger partial charge in [-0.05, 0) is 74.2 Å². The number of anilines is 1. The summed E-state index contributed by atoms with van der Waals surface area (Å²) in [6, 6.07) is 9.77. The highest BCUT2D eigenvalue weighted by molar-refractivity contribution is 14.1. The maximum absolute atomic E-state index is 12.2. The Morgan fingerprint density at radius 2 is 2.05 bits per heavy atom. The number of thiophene rings is 2. The second-order valence-electron chi connectivity index (χ2n) is 3.84. The number of hydrogen-bond acceptors (Lipinski definition) is 3. The summed E-state index contributed by atoms with van der Waals surface area (Å²) in [5, 5.41) is 4.96. The molecule has 0 unspecified atom stereocenters. The number of fused-ring (bicyclic) bond motifs is 1. The van der Waals surface area contributed by atoms with Crippen molar-refractivity contribution in [3.8, 4) is 0 Å². The van der Waals surface area contributed by atoms with Crippen LogP contribution in [0.15, 0.2) is 40.2 Å². The molecule has 0 fully saturated rings. The minimum atomic E-state index is -0.0542. The van der Waals surface area contributed by atoms with Crippen molar-refractivity contribution in [2.75, 3.05) is 5.32 Å². The Morgan fingerprint density at radius 1 is 1.21 bits per heavy atom. The zero-order valence-corrected chi connectivity index (χ0v) is 14.8. The van der Waals surface area contributed by atoms with E-state index in [0.29, 0.717) is 0 Å². The first kappa shape index (κ1) is 13.5. The molecule has 0 atom stereocenters. The van der Waals surface area contributed by atoms with E-state index in [1.54, 1.807) is 11.3 Å². The van der Waals surface area contributed by atoms with Crippen LogP contribution in [0.2, 0.25) is 0 Å². The molecule has 19 heavy (non-hydrogen) atoms. The number of benzene rings is 1. The molecule has 0 aliphatic heterocycles. The van der Waals surface area contributed by atoms with Crippen molar-refractivity contribution in [1.29, 1.82) is 0 Å². The molecule has 1 N–H and O–H groups in total. The summed E-state index contributed by atoms with van der Waals surface area (Å²) < 4.78 is 4.43. The lowest BCUT2D eigenvalue weighted by molar-refractivity contribution is 0.103. The number of nitrogens with one attached hydrogen (secondary N) is 1. The molecule has 0 saturated heterocycles. The van der Waals surface area contributed by atoms with E-state index in [0.717, 1.165) is 18.6 Å². The Morgan fingerprint density at radius 3 is 2.79 bits per heavy atom. The highest BCUT2D eigenvalue weighted by Gasteiger charge is 2.11. The third kappa shape index (κ3) is 2.86. The molecule has 0 radical (unpaired) electrons. The SMILES string of the molecule is O=C(Nc1ccc(I)c(Br)c1)c1cc2sccc2s1. The normalized spacial score (nSPS) is 10.8. The van der Waals surface area contributed by atoms with Crippen LogP contribution in [0.1, 0.15) is 9.67 Å². The molecule has 2 nitrogen and oxygen atoms in total. The fraction of sp³-hybridized carbons (Fsp3) is 0. The second kappa shape index (κ2) is 5.51. The van der Waals surface area contributed by atoms with Crippen molar-refractivity contribution < 1.29 is 4.79 Å². The fourth-order valence-corrected chi connectivity index (χ4v) is 4.36. The highest BCUT2D eigenvalue weighted by atomic mass is 127. The van der Waals surface area contributed by atoms with Gasteiger partial charge >= 0.3 is 0 Å². The van der Waals surface area contributed by atoms with E-state index < -0.39 is 0 Å². The van der Waals surface area contributed by atoms with Gasteiger partial charge in [-0.15, -0.1) is 22.7 Å². The van der Waals surface area contributed by atoms with Gasteiger partial charge in [0.2, 0.25) is 0 Å². The van der Waals surface area contributed by atoms with Crippen LogP contribution in [0, 0.1) is 3.57 Å². The van der Waals surface area contributed by atoms with Gasteiger partial charge in [-0.1, -0.05) is 0 Å². The van der Waals surface area contributed by atoms with Gasteiger partial charge in [0.1, 0.15) is 0 Å². The summed E-state index contributed by atoms with van der Waals surface area (Å²) in [5.74, 6) is -0.0542. The van der Waals surface area contributed by atoms with E-state index in [9.17, 15) is 4.79 Å². The second-order valence-corrected chi connectivity index (χ2v) is 7.89. The van der Waals surface area contributed by atoms with Crippen molar-refractivity contribution in [1.82, 2.24) is 0 Å². The number of carbonyl (C=O) groups excluding carboxylic acids is 1. The number of halogens is 2. The molecule has 2 heterocycles. The Bertz CT molecular complexity index is 736. The Labute approximate surface area is 140 Å². The summed E-state index contributed by atoms with van der Waals surface area (Å²) in [6.07, 6.45) is 0. The standard InChI is InChI=1S/C13H7BrINOS2/c14-8-5-7(1-2-9(8)15)16-13(17)12-6-11-10(19-12)3-4-18-11/h1-6H,(H,16,17). The third-order valence-electron chi connectivity index (χ3n) is 2.54. The maximum atomic E-state index is 12.2. The molecule has 0 aliphatic rings. The summed E-state index contributed by atoms with van der Waals surface area (Å²) in [4.78, 5) is 12.9. The Kier molecular flexibility index (Phi) is 3.93. The number of amides is 1. The molecule has 0 spiro atoms. The Balaban J connectivity index is 1.84. The molecule has 96 valence electrons. The van der Waals surface area contributed by atoms with E-state index in [4.69, 9.17) is 0 Å². The molecule has 0 bridgehead atoms. The third-order valence-corrected chi connectivity index (χ3v) is 6.97. The number of hydrogen-bond donors (Lipinski definition) is 1. The van der Waals surface area contributed by atoms with Crippen molar-refractivity contribution in [3.63, 3.8) is 0 Å². The minimum absolute atomic E-state index is 0.0542. The van der Waals surface area contributed by atoms with Gasteiger partial charge in [-0.2, -0.15) is 0 Å². The monoisotopic (exact) mass is 463 g/mol. The van der Waals surface area contributed by atoms with E-state index in [1.807, 2.05) is 35.7 Å². The smallest absolute Gasteiger partial charge is 0.265 e. The number of carbonyl (C=O) groups is 1. The van der Waals surface area contributed by atoms with Gasteiger partial charge in [0, 0.05) is 23.1 Å². The van der Waals surface area contributed by atoms with Gasteiger partial charge in [-0.25, -0.2) is 0 Å². The van der Waals surface area contributed by atoms with E-state index in [-0.39, 0.29) is 5.91 Å². The van der Waals surface area contributed by atoms with E-state index >= 15 is 0 Å².